The van der Waals surface area contributed by atoms with E-state index < -0.39 is 0 Å². The minimum Gasteiger partial charge on any atom is -0.351 e. The first-order valence-corrected chi connectivity index (χ1v) is 11.7. The van der Waals surface area contributed by atoms with Gasteiger partial charge in [0.2, 0.25) is 5.91 Å². The van der Waals surface area contributed by atoms with Gasteiger partial charge in [-0.15, -0.1) is 11.3 Å². The van der Waals surface area contributed by atoms with E-state index in [1.54, 1.807) is 22.8 Å². The third-order valence-electron chi connectivity index (χ3n) is 5.46. The molecule has 3 heterocycles. The average molecular weight is 441 g/mol. The molecule has 8 heteroatoms. The molecule has 1 aromatic carbocycles. The largest absolute Gasteiger partial charge is 0.351 e. The smallest absolute Gasteiger partial charge is 0.257 e. The number of fused-ring (bicyclic) bond motifs is 1. The highest BCUT2D eigenvalue weighted by molar-refractivity contribution is 7.99. The lowest BCUT2D eigenvalue weighted by Gasteiger charge is -2.14. The van der Waals surface area contributed by atoms with Crippen molar-refractivity contribution in [1.82, 2.24) is 19.9 Å². The van der Waals surface area contributed by atoms with Crippen molar-refractivity contribution in [3.8, 4) is 10.6 Å². The van der Waals surface area contributed by atoms with Gasteiger partial charge in [0, 0.05) is 33.9 Å². The second-order valence-corrected chi connectivity index (χ2v) is 9.64. The molecule has 0 saturated heterocycles. The molecular weight excluding hydrogens is 416 g/mol. The number of benzene rings is 1. The van der Waals surface area contributed by atoms with E-state index in [-0.39, 0.29) is 23.9 Å². The maximum Gasteiger partial charge on any atom is 0.257 e. The molecule has 6 nitrogen and oxygen atoms in total. The van der Waals surface area contributed by atoms with Gasteiger partial charge in [0.05, 0.1) is 18.3 Å². The second-order valence-electron chi connectivity index (χ2n) is 7.57. The van der Waals surface area contributed by atoms with Crippen LogP contribution in [0.2, 0.25) is 0 Å². The fraction of sp³-hybridized carbons (Fsp3) is 0.364. The molecule has 1 amide bonds. The molecule has 3 aromatic rings. The van der Waals surface area contributed by atoms with Crippen LogP contribution in [0, 0.1) is 27.7 Å². The Morgan fingerprint density at radius 3 is 2.70 bits per heavy atom. The van der Waals surface area contributed by atoms with Crippen molar-refractivity contribution < 1.29 is 4.79 Å². The van der Waals surface area contributed by atoms with E-state index >= 15 is 0 Å². The van der Waals surface area contributed by atoms with Gasteiger partial charge >= 0.3 is 0 Å². The minimum atomic E-state index is -0.158. The number of hydrogen-bond donors (Lipinski definition) is 1. The van der Waals surface area contributed by atoms with Crippen molar-refractivity contribution in [1.29, 1.82) is 0 Å². The van der Waals surface area contributed by atoms with Gasteiger partial charge < -0.3 is 5.32 Å². The molecule has 4 rings (SSSR count). The number of thiazole rings is 1. The predicted molar refractivity (Wildman–Crippen MR) is 121 cm³/mol. The summed E-state index contributed by atoms with van der Waals surface area (Å²) in [5.74, 6) is 0.624. The standard InChI is InChI=1S/C22H24N4O2S2/c1-12-7-5-6-8-17(12)20-24-15(4)18(30-20)10-23-19(27)9-16-11-29-22-25-14(3)13(2)21(28)26(16)22/h5-8,16H,9-11H2,1-4H3,(H,23,27). The van der Waals surface area contributed by atoms with E-state index in [9.17, 15) is 9.59 Å². The quantitative estimate of drug-likeness (QED) is 0.608. The Hall–Kier alpha value is -2.45. The molecular formula is C22H24N4O2S2. The number of carbonyl (C=O) groups excluding carboxylic acids is 1. The van der Waals surface area contributed by atoms with Crippen molar-refractivity contribution in [2.45, 2.75) is 51.9 Å². The van der Waals surface area contributed by atoms with Gasteiger partial charge in [-0.1, -0.05) is 36.0 Å². The third kappa shape index (κ3) is 3.94. The van der Waals surface area contributed by atoms with E-state index in [1.807, 2.05) is 26.0 Å². The van der Waals surface area contributed by atoms with Crippen LogP contribution in [0.25, 0.3) is 10.6 Å². The highest BCUT2D eigenvalue weighted by Gasteiger charge is 2.28. The molecule has 1 atom stereocenters. The summed E-state index contributed by atoms with van der Waals surface area (Å²) in [6.45, 7) is 8.13. The van der Waals surface area contributed by atoms with Crippen molar-refractivity contribution >= 4 is 29.0 Å². The Labute approximate surface area is 183 Å². The predicted octanol–water partition coefficient (Wildman–Crippen LogP) is 3.95. The fourth-order valence-electron chi connectivity index (χ4n) is 3.51. The highest BCUT2D eigenvalue weighted by Crippen LogP contribution is 2.33. The SMILES string of the molecule is Cc1ccccc1-c1nc(C)c(CNC(=O)CC2CSc3nc(C)c(C)c(=O)n32)s1. The molecule has 0 aliphatic carbocycles. The number of hydrogen-bond acceptors (Lipinski definition) is 6. The summed E-state index contributed by atoms with van der Waals surface area (Å²) in [6, 6.07) is 8.02. The number of aryl methyl sites for hydroxylation is 3. The Balaban J connectivity index is 1.43. The van der Waals surface area contributed by atoms with Gasteiger partial charge in [0.15, 0.2) is 5.16 Å². The van der Waals surface area contributed by atoms with Crippen LogP contribution in [0.3, 0.4) is 0 Å². The lowest BCUT2D eigenvalue weighted by Crippen LogP contribution is -2.31. The number of carbonyl (C=O) groups is 1. The monoisotopic (exact) mass is 440 g/mol. The van der Waals surface area contributed by atoms with Gasteiger partial charge in [0.1, 0.15) is 5.01 Å². The number of nitrogens with one attached hydrogen (secondary N) is 1. The van der Waals surface area contributed by atoms with Gasteiger partial charge in [-0.25, -0.2) is 9.97 Å². The van der Waals surface area contributed by atoms with Gasteiger partial charge in [-0.3, -0.25) is 14.2 Å². The fourth-order valence-corrected chi connectivity index (χ4v) is 5.78. The molecule has 1 aliphatic rings. The van der Waals surface area contributed by atoms with Crippen LogP contribution in [-0.4, -0.2) is 26.2 Å². The molecule has 2 aromatic heterocycles. The summed E-state index contributed by atoms with van der Waals surface area (Å²) >= 11 is 3.15. The maximum atomic E-state index is 12.6. The molecule has 0 fully saturated rings. The summed E-state index contributed by atoms with van der Waals surface area (Å²) in [5, 5.41) is 4.69. The summed E-state index contributed by atoms with van der Waals surface area (Å²) in [7, 11) is 0. The molecule has 0 bridgehead atoms. The normalized spacial score (nSPS) is 15.3. The van der Waals surface area contributed by atoms with Crippen LogP contribution in [0.1, 0.15) is 39.9 Å². The molecule has 1 aliphatic heterocycles. The molecule has 0 saturated carbocycles. The summed E-state index contributed by atoms with van der Waals surface area (Å²) in [6.07, 6.45) is 0.270. The molecule has 1 N–H and O–H groups in total. The van der Waals surface area contributed by atoms with Gasteiger partial charge in [0.25, 0.3) is 5.56 Å². The zero-order valence-corrected chi connectivity index (χ0v) is 19.1. The Morgan fingerprint density at radius 2 is 1.93 bits per heavy atom. The van der Waals surface area contributed by atoms with Crippen LogP contribution in [-0.2, 0) is 11.3 Å². The number of thioether (sulfide) groups is 1. The van der Waals surface area contributed by atoms with E-state index in [0.29, 0.717) is 23.0 Å². The zero-order valence-electron chi connectivity index (χ0n) is 17.5. The Bertz CT molecular complexity index is 1180. The lowest BCUT2D eigenvalue weighted by atomic mass is 10.1. The summed E-state index contributed by atoms with van der Waals surface area (Å²) in [4.78, 5) is 35.5. The molecule has 30 heavy (non-hydrogen) atoms. The van der Waals surface area contributed by atoms with Crippen LogP contribution >= 0.6 is 23.1 Å². The van der Waals surface area contributed by atoms with E-state index in [2.05, 4.69) is 29.4 Å². The highest BCUT2D eigenvalue weighted by atomic mass is 32.2. The topological polar surface area (TPSA) is 76.9 Å². The first-order chi connectivity index (χ1) is 14.3. The lowest BCUT2D eigenvalue weighted by molar-refractivity contribution is -0.121. The van der Waals surface area contributed by atoms with Crippen LogP contribution in [0.15, 0.2) is 34.2 Å². The number of nitrogens with zero attached hydrogens (tertiary/aromatic N) is 3. The zero-order chi connectivity index (χ0) is 21.4. The maximum absolute atomic E-state index is 12.6. The van der Waals surface area contributed by atoms with Crippen LogP contribution < -0.4 is 10.9 Å². The van der Waals surface area contributed by atoms with Crippen molar-refractivity contribution in [3.63, 3.8) is 0 Å². The Morgan fingerprint density at radius 1 is 1.17 bits per heavy atom. The second kappa shape index (κ2) is 8.35. The number of aromatic nitrogens is 3. The summed E-state index contributed by atoms with van der Waals surface area (Å²) < 4.78 is 1.68. The molecule has 0 spiro atoms. The number of rotatable bonds is 5. The average Bonchev–Trinajstić information content (AvgIpc) is 3.28. The van der Waals surface area contributed by atoms with E-state index in [1.165, 1.54) is 17.3 Å². The first-order valence-electron chi connectivity index (χ1n) is 9.86. The van der Waals surface area contributed by atoms with Crippen molar-refractivity contribution in [3.05, 3.63) is 62.0 Å². The van der Waals surface area contributed by atoms with Gasteiger partial charge in [-0.2, -0.15) is 0 Å². The summed E-state index contributed by atoms with van der Waals surface area (Å²) in [5.41, 5.74) is 4.61. The Kier molecular flexibility index (Phi) is 5.79. The van der Waals surface area contributed by atoms with Crippen LogP contribution in [0.4, 0.5) is 0 Å². The van der Waals surface area contributed by atoms with E-state index in [4.69, 9.17) is 4.98 Å². The van der Waals surface area contributed by atoms with E-state index in [0.717, 1.165) is 26.8 Å². The third-order valence-corrected chi connectivity index (χ3v) is 7.75. The van der Waals surface area contributed by atoms with Crippen molar-refractivity contribution in [2.24, 2.45) is 0 Å². The van der Waals surface area contributed by atoms with Crippen LogP contribution in [0.5, 0.6) is 0 Å². The molecule has 156 valence electrons. The van der Waals surface area contributed by atoms with Crippen molar-refractivity contribution in [2.75, 3.05) is 5.75 Å². The molecule has 1 unspecified atom stereocenters. The minimum absolute atomic E-state index is 0.0403. The van der Waals surface area contributed by atoms with Gasteiger partial charge in [-0.05, 0) is 33.3 Å². The molecule has 0 radical (unpaired) electrons. The first kappa shape index (κ1) is 20.8. The number of amides is 1.